The Balaban J connectivity index is 1.71. The summed E-state index contributed by atoms with van der Waals surface area (Å²) >= 11 is 1.46. The van der Waals surface area contributed by atoms with E-state index in [2.05, 4.69) is 31.2 Å². The van der Waals surface area contributed by atoms with Crippen LogP contribution in [0.1, 0.15) is 12.0 Å². The van der Waals surface area contributed by atoms with Crippen LogP contribution in [-0.4, -0.2) is 19.8 Å². The fourth-order valence-corrected chi connectivity index (χ4v) is 2.15. The van der Waals surface area contributed by atoms with Crippen LogP contribution >= 0.6 is 12.0 Å². The first-order chi connectivity index (χ1) is 7.34. The molecule has 1 fully saturated rings. The van der Waals surface area contributed by atoms with E-state index in [0.717, 1.165) is 26.2 Å². The first-order valence-electron chi connectivity index (χ1n) is 5.28. The van der Waals surface area contributed by atoms with Crippen LogP contribution in [0.2, 0.25) is 0 Å². The molecule has 1 heterocycles. The molecular formula is C12H16O2S. The third kappa shape index (κ3) is 3.52. The number of benzene rings is 1. The summed E-state index contributed by atoms with van der Waals surface area (Å²) in [6, 6.07) is 8.38. The minimum absolute atomic E-state index is 0.586. The van der Waals surface area contributed by atoms with Crippen LogP contribution in [0.25, 0.3) is 0 Å². The summed E-state index contributed by atoms with van der Waals surface area (Å²) < 4.78 is 10.9. The van der Waals surface area contributed by atoms with Gasteiger partial charge in [0.2, 0.25) is 0 Å². The highest BCUT2D eigenvalue weighted by atomic mass is 32.2. The zero-order chi connectivity index (χ0) is 10.5. The number of ether oxygens (including phenoxy) is 1. The summed E-state index contributed by atoms with van der Waals surface area (Å²) in [6.07, 6.45) is 1.13. The Morgan fingerprint density at radius 2 is 2.20 bits per heavy atom. The summed E-state index contributed by atoms with van der Waals surface area (Å²) in [5.41, 5.74) is 1.28. The van der Waals surface area contributed by atoms with Crippen molar-refractivity contribution in [2.75, 3.05) is 19.8 Å². The van der Waals surface area contributed by atoms with Gasteiger partial charge in [0.05, 0.1) is 13.2 Å². The Morgan fingerprint density at radius 3 is 2.87 bits per heavy atom. The Morgan fingerprint density at radius 1 is 1.40 bits per heavy atom. The highest BCUT2D eigenvalue weighted by molar-refractivity contribution is 7.94. The predicted molar refractivity (Wildman–Crippen MR) is 61.9 cm³/mol. The molecule has 1 saturated heterocycles. The Labute approximate surface area is 95.2 Å². The topological polar surface area (TPSA) is 18.5 Å². The number of aryl methyl sites for hydroxylation is 1. The van der Waals surface area contributed by atoms with E-state index < -0.39 is 0 Å². The standard InChI is InChI=1S/C12H16O2S/c1-10-2-4-12(5-3-10)15-14-9-11-6-7-13-8-11/h2-5,11H,6-9H2,1H3. The lowest BCUT2D eigenvalue weighted by atomic mass is 10.1. The lowest BCUT2D eigenvalue weighted by Crippen LogP contribution is -2.05. The maximum Gasteiger partial charge on any atom is 0.0669 e. The Bertz CT molecular complexity index is 291. The van der Waals surface area contributed by atoms with E-state index in [1.54, 1.807) is 0 Å². The Hall–Kier alpha value is -0.510. The molecule has 82 valence electrons. The molecule has 0 amide bonds. The van der Waals surface area contributed by atoms with E-state index in [1.165, 1.54) is 22.5 Å². The quantitative estimate of drug-likeness (QED) is 0.732. The molecule has 0 saturated carbocycles. The molecule has 3 heteroatoms. The van der Waals surface area contributed by atoms with E-state index in [4.69, 9.17) is 8.92 Å². The van der Waals surface area contributed by atoms with E-state index in [1.807, 2.05) is 0 Å². The zero-order valence-electron chi connectivity index (χ0n) is 8.94. The van der Waals surface area contributed by atoms with Crippen molar-refractivity contribution in [3.8, 4) is 0 Å². The predicted octanol–water partition coefficient (Wildman–Crippen LogP) is 3.06. The van der Waals surface area contributed by atoms with Crippen LogP contribution in [0.4, 0.5) is 0 Å². The molecule has 0 aromatic heterocycles. The van der Waals surface area contributed by atoms with Crippen LogP contribution in [-0.2, 0) is 8.92 Å². The molecule has 1 aliphatic heterocycles. The number of rotatable bonds is 4. The second kappa shape index (κ2) is 5.54. The van der Waals surface area contributed by atoms with Gasteiger partial charge in [-0.1, -0.05) is 17.7 Å². The third-order valence-corrected chi connectivity index (χ3v) is 3.22. The van der Waals surface area contributed by atoms with Gasteiger partial charge in [-0.15, -0.1) is 0 Å². The molecule has 1 aliphatic rings. The van der Waals surface area contributed by atoms with Crippen molar-refractivity contribution in [1.82, 2.24) is 0 Å². The third-order valence-electron chi connectivity index (χ3n) is 2.50. The second-order valence-electron chi connectivity index (χ2n) is 3.91. The molecule has 0 aliphatic carbocycles. The monoisotopic (exact) mass is 224 g/mol. The Kier molecular flexibility index (Phi) is 4.06. The van der Waals surface area contributed by atoms with Gasteiger partial charge < -0.3 is 8.92 Å². The van der Waals surface area contributed by atoms with E-state index in [-0.39, 0.29) is 0 Å². The summed E-state index contributed by atoms with van der Waals surface area (Å²) in [4.78, 5) is 1.17. The first kappa shape index (κ1) is 11.0. The molecule has 15 heavy (non-hydrogen) atoms. The van der Waals surface area contributed by atoms with Gasteiger partial charge in [-0.05, 0) is 25.5 Å². The molecule has 2 rings (SSSR count). The molecule has 1 unspecified atom stereocenters. The lowest BCUT2D eigenvalue weighted by Gasteiger charge is -2.07. The van der Waals surface area contributed by atoms with Crippen molar-refractivity contribution < 1.29 is 8.92 Å². The number of hydrogen-bond acceptors (Lipinski definition) is 3. The first-order valence-corrected chi connectivity index (χ1v) is 6.02. The van der Waals surface area contributed by atoms with Crippen LogP contribution in [0.15, 0.2) is 29.2 Å². The highest BCUT2D eigenvalue weighted by Crippen LogP contribution is 2.22. The van der Waals surface area contributed by atoms with Gasteiger partial charge in [0.1, 0.15) is 0 Å². The van der Waals surface area contributed by atoms with Gasteiger partial charge in [-0.25, -0.2) is 0 Å². The van der Waals surface area contributed by atoms with Crippen LogP contribution in [0.3, 0.4) is 0 Å². The largest absolute Gasteiger partial charge is 0.381 e. The smallest absolute Gasteiger partial charge is 0.0669 e. The summed E-state index contributed by atoms with van der Waals surface area (Å²) in [5, 5.41) is 0. The van der Waals surface area contributed by atoms with Crippen molar-refractivity contribution in [2.24, 2.45) is 5.92 Å². The van der Waals surface area contributed by atoms with E-state index >= 15 is 0 Å². The average molecular weight is 224 g/mol. The van der Waals surface area contributed by atoms with Gasteiger partial charge in [0.15, 0.2) is 0 Å². The normalized spacial score (nSPS) is 20.7. The van der Waals surface area contributed by atoms with Crippen molar-refractivity contribution >= 4 is 12.0 Å². The van der Waals surface area contributed by atoms with Gasteiger partial charge in [-0.2, -0.15) is 0 Å². The van der Waals surface area contributed by atoms with Crippen LogP contribution in [0, 0.1) is 12.8 Å². The van der Waals surface area contributed by atoms with E-state index in [0.29, 0.717) is 5.92 Å². The lowest BCUT2D eigenvalue weighted by molar-refractivity contribution is 0.172. The average Bonchev–Trinajstić information content (AvgIpc) is 2.74. The van der Waals surface area contributed by atoms with Gasteiger partial charge in [0, 0.05) is 29.5 Å². The maximum atomic E-state index is 5.58. The fourth-order valence-electron chi connectivity index (χ4n) is 1.51. The molecule has 0 spiro atoms. The van der Waals surface area contributed by atoms with Gasteiger partial charge >= 0.3 is 0 Å². The number of hydrogen-bond donors (Lipinski definition) is 0. The highest BCUT2D eigenvalue weighted by Gasteiger charge is 2.15. The SMILES string of the molecule is Cc1ccc(SOCC2CCOC2)cc1. The summed E-state index contributed by atoms with van der Waals surface area (Å²) in [7, 11) is 0. The van der Waals surface area contributed by atoms with Crippen molar-refractivity contribution in [3.05, 3.63) is 29.8 Å². The molecule has 0 bridgehead atoms. The molecular weight excluding hydrogens is 208 g/mol. The summed E-state index contributed by atoms with van der Waals surface area (Å²) in [5.74, 6) is 0.586. The second-order valence-corrected chi connectivity index (χ2v) is 4.78. The van der Waals surface area contributed by atoms with Crippen LogP contribution < -0.4 is 0 Å². The minimum Gasteiger partial charge on any atom is -0.381 e. The van der Waals surface area contributed by atoms with Crippen molar-refractivity contribution in [1.29, 1.82) is 0 Å². The van der Waals surface area contributed by atoms with Crippen molar-refractivity contribution in [3.63, 3.8) is 0 Å². The minimum atomic E-state index is 0.586. The molecule has 2 nitrogen and oxygen atoms in total. The molecule has 1 atom stereocenters. The molecule has 0 radical (unpaired) electrons. The van der Waals surface area contributed by atoms with E-state index in [9.17, 15) is 0 Å². The zero-order valence-corrected chi connectivity index (χ0v) is 9.76. The maximum absolute atomic E-state index is 5.58. The van der Waals surface area contributed by atoms with Gasteiger partial charge in [0.25, 0.3) is 0 Å². The molecule has 0 N–H and O–H groups in total. The van der Waals surface area contributed by atoms with Crippen molar-refractivity contribution in [2.45, 2.75) is 18.2 Å². The molecule has 1 aromatic carbocycles. The van der Waals surface area contributed by atoms with Gasteiger partial charge in [-0.3, -0.25) is 0 Å². The fraction of sp³-hybridized carbons (Fsp3) is 0.500. The molecule has 1 aromatic rings. The summed E-state index contributed by atoms with van der Waals surface area (Å²) in [6.45, 7) is 4.63. The van der Waals surface area contributed by atoms with Crippen LogP contribution in [0.5, 0.6) is 0 Å².